The molecule has 0 aliphatic carbocycles. The summed E-state index contributed by atoms with van der Waals surface area (Å²) in [5, 5.41) is 5.27. The molecule has 84 valence electrons. The fourth-order valence-electron chi connectivity index (χ4n) is 1.36. The van der Waals surface area contributed by atoms with Gasteiger partial charge in [0.05, 0.1) is 6.54 Å². The molecule has 0 aromatic carbocycles. The molecule has 1 N–H and O–H groups in total. The van der Waals surface area contributed by atoms with Gasteiger partial charge in [-0.05, 0) is 27.4 Å². The Bertz CT molecular complexity index is 475. The Labute approximate surface area is 107 Å². The largest absolute Gasteiger partial charge is 0.352 e. The highest BCUT2D eigenvalue weighted by Gasteiger charge is 2.05. The summed E-state index contributed by atoms with van der Waals surface area (Å²) < 4.78 is 3.24. The van der Waals surface area contributed by atoms with Crippen molar-refractivity contribution in [1.29, 1.82) is 0 Å². The third kappa shape index (κ3) is 2.54. The number of hydrogen-bond donors (Lipinski definition) is 1. The summed E-state index contributed by atoms with van der Waals surface area (Å²) in [6, 6.07) is 2.06. The highest BCUT2D eigenvalue weighted by Crippen LogP contribution is 2.24. The number of nitrogens with one attached hydrogen (secondary N) is 1. The molecule has 5 heteroatoms. The van der Waals surface area contributed by atoms with E-state index in [2.05, 4.69) is 48.8 Å². The zero-order valence-corrected chi connectivity index (χ0v) is 11.1. The van der Waals surface area contributed by atoms with Crippen LogP contribution < -0.4 is 5.32 Å². The van der Waals surface area contributed by atoms with Crippen LogP contribution >= 0.6 is 27.3 Å². The standard InChI is InChI=1S/C11H12BrN3S/c1-2-4-13-11-14-5-6-15(11)8-10-9(12)3-7-16-10/h2-3,5-7H,1,4,8H2,(H,13,14). The van der Waals surface area contributed by atoms with Crippen molar-refractivity contribution in [2.75, 3.05) is 11.9 Å². The van der Waals surface area contributed by atoms with Gasteiger partial charge in [0.25, 0.3) is 0 Å². The summed E-state index contributed by atoms with van der Waals surface area (Å²) >= 11 is 5.27. The number of nitrogens with zero attached hydrogens (tertiary/aromatic N) is 2. The number of halogens is 1. The second-order valence-corrected chi connectivity index (χ2v) is 5.10. The minimum absolute atomic E-state index is 0.725. The Morgan fingerprint density at radius 2 is 2.50 bits per heavy atom. The number of thiophene rings is 1. The summed E-state index contributed by atoms with van der Waals surface area (Å²) in [6.07, 6.45) is 5.59. The van der Waals surface area contributed by atoms with Crippen LogP contribution in [0.1, 0.15) is 4.88 Å². The summed E-state index contributed by atoms with van der Waals surface area (Å²) in [7, 11) is 0. The third-order valence-corrected chi connectivity index (χ3v) is 4.04. The summed E-state index contributed by atoms with van der Waals surface area (Å²) in [6.45, 7) is 5.23. The van der Waals surface area contributed by atoms with Gasteiger partial charge in [0.2, 0.25) is 5.95 Å². The van der Waals surface area contributed by atoms with E-state index in [-0.39, 0.29) is 0 Å². The molecule has 0 radical (unpaired) electrons. The van der Waals surface area contributed by atoms with Crippen molar-refractivity contribution in [1.82, 2.24) is 9.55 Å². The molecule has 0 amide bonds. The molecule has 0 saturated carbocycles. The fraction of sp³-hybridized carbons (Fsp3) is 0.182. The molecule has 0 aliphatic heterocycles. The van der Waals surface area contributed by atoms with E-state index < -0.39 is 0 Å². The minimum atomic E-state index is 0.725. The monoisotopic (exact) mass is 297 g/mol. The van der Waals surface area contributed by atoms with Gasteiger partial charge in [-0.2, -0.15) is 0 Å². The van der Waals surface area contributed by atoms with Crippen molar-refractivity contribution < 1.29 is 0 Å². The van der Waals surface area contributed by atoms with Crippen LogP contribution in [-0.4, -0.2) is 16.1 Å². The molecular formula is C11H12BrN3S. The van der Waals surface area contributed by atoms with Gasteiger partial charge in [-0.3, -0.25) is 0 Å². The maximum atomic E-state index is 4.26. The van der Waals surface area contributed by atoms with Gasteiger partial charge < -0.3 is 9.88 Å². The van der Waals surface area contributed by atoms with E-state index in [4.69, 9.17) is 0 Å². The molecule has 2 rings (SSSR count). The van der Waals surface area contributed by atoms with Gasteiger partial charge in [0.1, 0.15) is 0 Å². The first-order valence-corrected chi connectivity index (χ1v) is 6.56. The molecule has 0 atom stereocenters. The highest BCUT2D eigenvalue weighted by atomic mass is 79.9. The van der Waals surface area contributed by atoms with Gasteiger partial charge in [0.15, 0.2) is 0 Å². The SMILES string of the molecule is C=CCNc1nccn1Cc1sccc1Br. The number of hydrogen-bond acceptors (Lipinski definition) is 3. The van der Waals surface area contributed by atoms with Crippen LogP contribution in [0.5, 0.6) is 0 Å². The molecule has 0 bridgehead atoms. The van der Waals surface area contributed by atoms with Gasteiger partial charge in [-0.25, -0.2) is 4.98 Å². The molecule has 16 heavy (non-hydrogen) atoms. The van der Waals surface area contributed by atoms with Crippen LogP contribution in [0.3, 0.4) is 0 Å². The summed E-state index contributed by atoms with van der Waals surface area (Å²) in [4.78, 5) is 5.55. The molecule has 0 unspecified atom stereocenters. The fourth-order valence-corrected chi connectivity index (χ4v) is 2.84. The Kier molecular flexibility index (Phi) is 3.79. The van der Waals surface area contributed by atoms with E-state index in [1.165, 1.54) is 4.88 Å². The lowest BCUT2D eigenvalue weighted by Crippen LogP contribution is -2.07. The minimum Gasteiger partial charge on any atom is -0.352 e. The van der Waals surface area contributed by atoms with Crippen molar-refractivity contribution in [3.05, 3.63) is 45.8 Å². The lowest BCUT2D eigenvalue weighted by molar-refractivity contribution is 0.812. The van der Waals surface area contributed by atoms with Crippen LogP contribution in [0, 0.1) is 0 Å². The Balaban J connectivity index is 2.12. The predicted octanol–water partition coefficient (Wildman–Crippen LogP) is 3.35. The maximum Gasteiger partial charge on any atom is 0.203 e. The number of rotatable bonds is 5. The number of imidazole rings is 1. The van der Waals surface area contributed by atoms with Crippen LogP contribution in [0.4, 0.5) is 5.95 Å². The lowest BCUT2D eigenvalue weighted by atomic mass is 10.4. The van der Waals surface area contributed by atoms with Gasteiger partial charge in [-0.1, -0.05) is 6.08 Å². The molecule has 0 saturated heterocycles. The van der Waals surface area contributed by atoms with Crippen molar-refractivity contribution in [3.63, 3.8) is 0 Å². The predicted molar refractivity (Wildman–Crippen MR) is 72.0 cm³/mol. The maximum absolute atomic E-state index is 4.26. The van der Waals surface area contributed by atoms with E-state index in [0.717, 1.165) is 23.5 Å². The first kappa shape index (κ1) is 11.4. The van der Waals surface area contributed by atoms with E-state index in [9.17, 15) is 0 Å². The number of anilines is 1. The summed E-state index contributed by atoms with van der Waals surface area (Å²) in [5.74, 6) is 0.875. The average molecular weight is 298 g/mol. The van der Waals surface area contributed by atoms with E-state index >= 15 is 0 Å². The van der Waals surface area contributed by atoms with E-state index in [1.807, 2.05) is 12.3 Å². The molecule has 2 heterocycles. The zero-order chi connectivity index (χ0) is 11.4. The highest BCUT2D eigenvalue weighted by molar-refractivity contribution is 9.10. The summed E-state index contributed by atoms with van der Waals surface area (Å²) in [5.41, 5.74) is 0. The first-order valence-electron chi connectivity index (χ1n) is 4.89. The van der Waals surface area contributed by atoms with E-state index in [1.54, 1.807) is 17.5 Å². The molecule has 2 aromatic heterocycles. The Morgan fingerprint density at radius 3 is 3.19 bits per heavy atom. The van der Waals surface area contributed by atoms with Crippen molar-refractivity contribution >= 4 is 33.2 Å². The van der Waals surface area contributed by atoms with Crippen molar-refractivity contribution in [3.8, 4) is 0 Å². The van der Waals surface area contributed by atoms with Gasteiger partial charge >= 0.3 is 0 Å². The van der Waals surface area contributed by atoms with Gasteiger partial charge in [0, 0.05) is 28.3 Å². The normalized spacial score (nSPS) is 10.3. The molecule has 2 aromatic rings. The van der Waals surface area contributed by atoms with Gasteiger partial charge in [-0.15, -0.1) is 17.9 Å². The van der Waals surface area contributed by atoms with Crippen LogP contribution in [-0.2, 0) is 6.54 Å². The third-order valence-electron chi connectivity index (χ3n) is 2.12. The van der Waals surface area contributed by atoms with E-state index in [0.29, 0.717) is 0 Å². The zero-order valence-electron chi connectivity index (χ0n) is 8.69. The van der Waals surface area contributed by atoms with Crippen molar-refractivity contribution in [2.24, 2.45) is 0 Å². The first-order chi connectivity index (χ1) is 7.81. The molecule has 0 fully saturated rings. The van der Waals surface area contributed by atoms with Crippen LogP contribution in [0.2, 0.25) is 0 Å². The lowest BCUT2D eigenvalue weighted by Gasteiger charge is -2.07. The average Bonchev–Trinajstić information content (AvgIpc) is 2.87. The smallest absolute Gasteiger partial charge is 0.203 e. The second-order valence-electron chi connectivity index (χ2n) is 3.24. The van der Waals surface area contributed by atoms with Crippen LogP contribution in [0.15, 0.2) is 41.0 Å². The second kappa shape index (κ2) is 5.32. The quantitative estimate of drug-likeness (QED) is 0.858. The van der Waals surface area contributed by atoms with Crippen LogP contribution in [0.25, 0.3) is 0 Å². The topological polar surface area (TPSA) is 29.9 Å². The Morgan fingerprint density at radius 1 is 1.62 bits per heavy atom. The molecule has 3 nitrogen and oxygen atoms in total. The molecule has 0 aliphatic rings. The molecular weight excluding hydrogens is 286 g/mol. The Hall–Kier alpha value is -1.07. The van der Waals surface area contributed by atoms with Crippen molar-refractivity contribution in [2.45, 2.75) is 6.54 Å². The molecule has 0 spiro atoms. The number of aromatic nitrogens is 2.